The quantitative estimate of drug-likeness (QED) is 0.676. The first-order valence-corrected chi connectivity index (χ1v) is 10.5. The van der Waals surface area contributed by atoms with E-state index >= 15 is 0 Å². The van der Waals surface area contributed by atoms with E-state index in [1.807, 2.05) is 13.0 Å². The molecular formula is C18H19N3O3S2. The lowest BCUT2D eigenvalue weighted by atomic mass is 10.2. The number of carbonyl (C=O) groups is 1. The molecule has 0 spiro atoms. The number of aromatic amines is 1. The van der Waals surface area contributed by atoms with Crippen molar-refractivity contribution in [2.45, 2.75) is 38.0 Å². The summed E-state index contributed by atoms with van der Waals surface area (Å²) in [5, 5.41) is 3.66. The van der Waals surface area contributed by atoms with Crippen molar-refractivity contribution >= 4 is 39.2 Å². The fourth-order valence-corrected chi connectivity index (χ4v) is 5.23. The Hall–Kier alpha value is -2.06. The Kier molecular flexibility index (Phi) is 4.86. The molecule has 0 bridgehead atoms. The average molecular weight is 390 g/mol. The van der Waals surface area contributed by atoms with Crippen LogP contribution in [-0.4, -0.2) is 21.6 Å². The van der Waals surface area contributed by atoms with Gasteiger partial charge >= 0.3 is 0 Å². The van der Waals surface area contributed by atoms with Crippen LogP contribution in [0.5, 0.6) is 0 Å². The zero-order valence-electron chi connectivity index (χ0n) is 14.3. The van der Waals surface area contributed by atoms with Gasteiger partial charge in [0, 0.05) is 4.88 Å². The largest absolute Gasteiger partial charge is 0.467 e. The predicted molar refractivity (Wildman–Crippen MR) is 104 cm³/mol. The number of nitrogens with one attached hydrogen (secondary N) is 2. The van der Waals surface area contributed by atoms with Crippen LogP contribution in [0.15, 0.2) is 27.6 Å². The van der Waals surface area contributed by atoms with Crippen molar-refractivity contribution < 1.29 is 9.21 Å². The van der Waals surface area contributed by atoms with Gasteiger partial charge in [0.1, 0.15) is 16.4 Å². The van der Waals surface area contributed by atoms with Gasteiger partial charge < -0.3 is 14.7 Å². The van der Waals surface area contributed by atoms with E-state index in [9.17, 15) is 9.59 Å². The molecule has 0 fully saturated rings. The molecule has 1 atom stereocenters. The standard InChI is InChI=1S/C18H19N3O3S2/c1-10(12-5-3-7-24-12)19-15(22)9-25-8-14-20-17(23)16-11-4-2-6-13(11)26-18(16)21-14/h3,5,7,10H,2,4,6,8-9H2,1H3,(H,19,22)(H,20,21,23)/t10-/m0/s1. The first kappa shape index (κ1) is 17.4. The highest BCUT2D eigenvalue weighted by molar-refractivity contribution is 7.99. The van der Waals surface area contributed by atoms with E-state index in [1.165, 1.54) is 22.2 Å². The van der Waals surface area contributed by atoms with Crippen LogP contribution in [0, 0.1) is 0 Å². The minimum absolute atomic E-state index is 0.0547. The molecule has 136 valence electrons. The van der Waals surface area contributed by atoms with Gasteiger partial charge in [0.2, 0.25) is 5.91 Å². The summed E-state index contributed by atoms with van der Waals surface area (Å²) in [6.07, 6.45) is 4.74. The number of amides is 1. The minimum atomic E-state index is -0.166. The lowest BCUT2D eigenvalue weighted by molar-refractivity contribution is -0.119. The number of thiophene rings is 1. The third-order valence-electron chi connectivity index (χ3n) is 4.44. The maximum atomic E-state index is 12.4. The molecule has 6 nitrogen and oxygen atoms in total. The molecular weight excluding hydrogens is 370 g/mol. The molecule has 8 heteroatoms. The Morgan fingerprint density at radius 3 is 3.19 bits per heavy atom. The van der Waals surface area contributed by atoms with E-state index < -0.39 is 0 Å². The zero-order valence-corrected chi connectivity index (χ0v) is 16.0. The molecule has 3 aromatic rings. The number of H-pyrrole nitrogens is 1. The normalized spacial score (nSPS) is 14.5. The van der Waals surface area contributed by atoms with E-state index in [-0.39, 0.29) is 17.5 Å². The van der Waals surface area contributed by atoms with E-state index in [0.717, 1.165) is 35.2 Å². The highest BCUT2D eigenvalue weighted by Crippen LogP contribution is 2.34. The third-order valence-corrected chi connectivity index (χ3v) is 6.57. The van der Waals surface area contributed by atoms with Gasteiger partial charge in [-0.3, -0.25) is 9.59 Å². The molecule has 3 heterocycles. The van der Waals surface area contributed by atoms with Gasteiger partial charge in [-0.15, -0.1) is 23.1 Å². The van der Waals surface area contributed by atoms with Gasteiger partial charge in [0.25, 0.3) is 5.56 Å². The summed E-state index contributed by atoms with van der Waals surface area (Å²) < 4.78 is 5.28. The van der Waals surface area contributed by atoms with Gasteiger partial charge in [-0.05, 0) is 43.9 Å². The molecule has 2 N–H and O–H groups in total. The van der Waals surface area contributed by atoms with Crippen molar-refractivity contribution in [1.29, 1.82) is 0 Å². The molecule has 0 unspecified atom stereocenters. The van der Waals surface area contributed by atoms with Crippen LogP contribution in [0.1, 0.15) is 41.4 Å². The molecule has 1 aliphatic rings. The summed E-state index contributed by atoms with van der Waals surface area (Å²) in [6, 6.07) is 3.46. The maximum absolute atomic E-state index is 12.4. The first-order valence-electron chi connectivity index (χ1n) is 8.56. The van der Waals surface area contributed by atoms with Gasteiger partial charge in [0.15, 0.2) is 0 Å². The summed E-state index contributed by atoms with van der Waals surface area (Å²) in [7, 11) is 0. The highest BCUT2D eigenvalue weighted by Gasteiger charge is 2.21. The van der Waals surface area contributed by atoms with Crippen molar-refractivity contribution in [3.8, 4) is 0 Å². The topological polar surface area (TPSA) is 88.0 Å². The molecule has 3 aromatic heterocycles. The lowest BCUT2D eigenvalue weighted by Crippen LogP contribution is -2.28. The molecule has 0 aliphatic heterocycles. The van der Waals surface area contributed by atoms with Crippen molar-refractivity contribution in [2.75, 3.05) is 5.75 Å². The molecule has 1 amide bonds. The average Bonchev–Trinajstić information content (AvgIpc) is 3.31. The van der Waals surface area contributed by atoms with Gasteiger partial charge in [-0.25, -0.2) is 4.98 Å². The van der Waals surface area contributed by atoms with Crippen molar-refractivity contribution in [3.05, 3.63) is 50.8 Å². The predicted octanol–water partition coefficient (Wildman–Crippen LogP) is 3.18. The van der Waals surface area contributed by atoms with Crippen LogP contribution in [0.25, 0.3) is 10.2 Å². The molecule has 0 saturated heterocycles. The number of hydrogen-bond acceptors (Lipinski definition) is 6. The number of fused-ring (bicyclic) bond motifs is 3. The summed E-state index contributed by atoms with van der Waals surface area (Å²) in [4.78, 5) is 34.0. The third kappa shape index (κ3) is 3.43. The number of hydrogen-bond donors (Lipinski definition) is 2. The van der Waals surface area contributed by atoms with Crippen molar-refractivity contribution in [2.24, 2.45) is 0 Å². The monoisotopic (exact) mass is 389 g/mol. The lowest BCUT2D eigenvalue weighted by Gasteiger charge is -2.11. The number of rotatable bonds is 6. The molecule has 0 saturated carbocycles. The van der Waals surface area contributed by atoms with Crippen LogP contribution < -0.4 is 10.9 Å². The van der Waals surface area contributed by atoms with E-state index in [0.29, 0.717) is 17.3 Å². The summed E-state index contributed by atoms with van der Waals surface area (Å²) >= 11 is 3.06. The van der Waals surface area contributed by atoms with E-state index in [4.69, 9.17) is 4.42 Å². The second-order valence-corrected chi connectivity index (χ2v) is 8.42. The van der Waals surface area contributed by atoms with Crippen molar-refractivity contribution in [1.82, 2.24) is 15.3 Å². The Morgan fingerprint density at radius 1 is 1.50 bits per heavy atom. The SMILES string of the molecule is C[C@H](NC(=O)CSCc1nc2sc3c(c2c(=O)[nH]1)CCC3)c1ccco1. The van der Waals surface area contributed by atoms with Gasteiger partial charge in [-0.1, -0.05) is 0 Å². The summed E-state index contributed by atoms with van der Waals surface area (Å²) in [6.45, 7) is 1.88. The number of furan rings is 1. The number of aryl methyl sites for hydroxylation is 2. The van der Waals surface area contributed by atoms with E-state index in [1.54, 1.807) is 23.7 Å². The van der Waals surface area contributed by atoms with Crippen molar-refractivity contribution in [3.63, 3.8) is 0 Å². The van der Waals surface area contributed by atoms with Gasteiger partial charge in [-0.2, -0.15) is 0 Å². The second-order valence-electron chi connectivity index (χ2n) is 6.35. The number of nitrogens with zero attached hydrogens (tertiary/aromatic N) is 1. The van der Waals surface area contributed by atoms with Crippen LogP contribution in [-0.2, 0) is 23.4 Å². The Labute approximate surface area is 158 Å². The Bertz CT molecular complexity index is 991. The number of carbonyl (C=O) groups excluding carboxylic acids is 1. The first-order chi connectivity index (χ1) is 12.6. The smallest absolute Gasteiger partial charge is 0.259 e. The molecule has 26 heavy (non-hydrogen) atoms. The van der Waals surface area contributed by atoms with Crippen LogP contribution >= 0.6 is 23.1 Å². The highest BCUT2D eigenvalue weighted by atomic mass is 32.2. The van der Waals surface area contributed by atoms with E-state index in [2.05, 4.69) is 15.3 Å². The maximum Gasteiger partial charge on any atom is 0.259 e. The minimum Gasteiger partial charge on any atom is -0.467 e. The molecule has 4 rings (SSSR count). The van der Waals surface area contributed by atoms with Gasteiger partial charge in [0.05, 0.1) is 29.2 Å². The second kappa shape index (κ2) is 7.28. The molecule has 1 aliphatic carbocycles. The fraction of sp³-hybridized carbons (Fsp3) is 0.389. The molecule has 0 aromatic carbocycles. The van der Waals surface area contributed by atoms with Crippen LogP contribution in [0.4, 0.5) is 0 Å². The Morgan fingerprint density at radius 2 is 2.38 bits per heavy atom. The number of thioether (sulfide) groups is 1. The summed E-state index contributed by atoms with van der Waals surface area (Å²) in [5.41, 5.74) is 1.13. The zero-order chi connectivity index (χ0) is 18.1. The fourth-order valence-electron chi connectivity index (χ4n) is 3.25. The van der Waals surface area contributed by atoms with Crippen LogP contribution in [0.3, 0.4) is 0 Å². The molecule has 0 radical (unpaired) electrons. The number of aromatic nitrogens is 2. The van der Waals surface area contributed by atoms with Crippen LogP contribution in [0.2, 0.25) is 0 Å². The Balaban J connectivity index is 1.36. The summed E-state index contributed by atoms with van der Waals surface area (Å²) in [5.74, 6) is 2.08.